The molecule has 8 nitrogen and oxygen atoms in total. The molecule has 0 aliphatic heterocycles. The van der Waals surface area contributed by atoms with Crippen LogP contribution < -0.4 is 5.32 Å². The maximum absolute atomic E-state index is 12.8. The van der Waals surface area contributed by atoms with Crippen LogP contribution in [-0.4, -0.2) is 38.0 Å². The molecule has 1 aliphatic carbocycles. The number of carbonyl (C=O) groups excluding carboxylic acids is 1. The van der Waals surface area contributed by atoms with Gasteiger partial charge < -0.3 is 20.5 Å². The van der Waals surface area contributed by atoms with Crippen molar-refractivity contribution < 1.29 is 24.6 Å². The second kappa shape index (κ2) is 12.2. The lowest BCUT2D eigenvalue weighted by Crippen LogP contribution is -2.34. The van der Waals surface area contributed by atoms with Gasteiger partial charge in [-0.3, -0.25) is 4.79 Å². The molecule has 1 aromatic heterocycles. The maximum Gasteiger partial charge on any atom is 0.328 e. The molecule has 2 aromatic rings. The first-order chi connectivity index (χ1) is 14.5. The van der Waals surface area contributed by atoms with E-state index in [1.807, 2.05) is 18.2 Å². The number of hydrogen-bond acceptors (Lipinski definition) is 4. The number of imidazole rings is 1. The Bertz CT molecular complexity index is 812. The lowest BCUT2D eigenvalue weighted by atomic mass is 9.76. The number of aromatic amines is 1. The Hall–Kier alpha value is -3.42. The topological polar surface area (TPSA) is 132 Å². The number of H-pyrrole nitrogens is 1. The van der Waals surface area contributed by atoms with Gasteiger partial charge in [-0.2, -0.15) is 0 Å². The van der Waals surface area contributed by atoms with Crippen LogP contribution in [-0.2, 0) is 20.9 Å². The highest BCUT2D eigenvalue weighted by atomic mass is 16.4. The highest BCUT2D eigenvalue weighted by Gasteiger charge is 2.30. The van der Waals surface area contributed by atoms with Crippen LogP contribution in [0.2, 0.25) is 0 Å². The van der Waals surface area contributed by atoms with E-state index < -0.39 is 11.9 Å². The number of aromatic nitrogens is 2. The molecule has 1 saturated carbocycles. The highest BCUT2D eigenvalue weighted by Crippen LogP contribution is 2.36. The number of aliphatic carboxylic acids is 2. The number of rotatable bonds is 7. The van der Waals surface area contributed by atoms with Crippen LogP contribution in [0.3, 0.4) is 0 Å². The minimum Gasteiger partial charge on any atom is -0.478 e. The van der Waals surface area contributed by atoms with E-state index >= 15 is 0 Å². The summed E-state index contributed by atoms with van der Waals surface area (Å²) in [7, 11) is 0. The van der Waals surface area contributed by atoms with E-state index in [1.54, 1.807) is 12.5 Å². The minimum atomic E-state index is -1.26. The van der Waals surface area contributed by atoms with Gasteiger partial charge in [-0.1, -0.05) is 49.6 Å². The Morgan fingerprint density at radius 1 is 1.07 bits per heavy atom. The first-order valence-corrected chi connectivity index (χ1v) is 9.91. The molecule has 8 heteroatoms. The molecular weight excluding hydrogens is 386 g/mol. The van der Waals surface area contributed by atoms with E-state index in [9.17, 15) is 14.4 Å². The van der Waals surface area contributed by atoms with Crippen LogP contribution >= 0.6 is 0 Å². The molecule has 1 atom stereocenters. The average molecular weight is 413 g/mol. The normalized spacial score (nSPS) is 15.1. The third-order valence-electron chi connectivity index (χ3n) is 4.94. The highest BCUT2D eigenvalue weighted by molar-refractivity contribution is 5.89. The van der Waals surface area contributed by atoms with Gasteiger partial charge in [0.05, 0.1) is 24.5 Å². The van der Waals surface area contributed by atoms with Crippen LogP contribution in [0.25, 0.3) is 0 Å². The molecule has 0 saturated heterocycles. The van der Waals surface area contributed by atoms with Gasteiger partial charge in [0, 0.05) is 18.3 Å². The predicted molar refractivity (Wildman–Crippen MR) is 111 cm³/mol. The van der Waals surface area contributed by atoms with Crippen molar-refractivity contribution in [3.05, 3.63) is 66.3 Å². The molecule has 4 N–H and O–H groups in total. The van der Waals surface area contributed by atoms with Crippen molar-refractivity contribution in [2.24, 2.45) is 5.92 Å². The maximum atomic E-state index is 12.8. The summed E-state index contributed by atoms with van der Waals surface area (Å²) in [6.07, 6.45) is 10.6. The number of amides is 1. The van der Waals surface area contributed by atoms with Gasteiger partial charge in [0.15, 0.2) is 0 Å². The van der Waals surface area contributed by atoms with Crippen LogP contribution in [0.5, 0.6) is 0 Å². The summed E-state index contributed by atoms with van der Waals surface area (Å²) in [4.78, 5) is 38.9. The van der Waals surface area contributed by atoms with Gasteiger partial charge in [-0.05, 0) is 24.3 Å². The zero-order valence-electron chi connectivity index (χ0n) is 16.7. The predicted octanol–water partition coefficient (Wildman–Crippen LogP) is 3.10. The van der Waals surface area contributed by atoms with Crippen LogP contribution in [0.15, 0.2) is 55.0 Å². The molecule has 0 bridgehead atoms. The number of benzene rings is 1. The molecule has 160 valence electrons. The van der Waals surface area contributed by atoms with Gasteiger partial charge >= 0.3 is 11.9 Å². The monoisotopic (exact) mass is 413 g/mol. The van der Waals surface area contributed by atoms with E-state index in [4.69, 9.17) is 10.2 Å². The van der Waals surface area contributed by atoms with Gasteiger partial charge in [0.1, 0.15) is 0 Å². The van der Waals surface area contributed by atoms with Crippen LogP contribution in [0.1, 0.15) is 49.3 Å². The van der Waals surface area contributed by atoms with Crippen molar-refractivity contribution in [1.82, 2.24) is 15.3 Å². The Morgan fingerprint density at radius 2 is 1.70 bits per heavy atom. The summed E-state index contributed by atoms with van der Waals surface area (Å²) < 4.78 is 0. The summed E-state index contributed by atoms with van der Waals surface area (Å²) in [6, 6.07) is 10.2. The fraction of sp³-hybridized carbons (Fsp3) is 0.364. The minimum absolute atomic E-state index is 0.0376. The molecule has 1 unspecified atom stereocenters. The lowest BCUT2D eigenvalue weighted by Gasteiger charge is -2.29. The fourth-order valence-corrected chi connectivity index (χ4v) is 3.58. The number of nitrogens with zero attached hydrogens (tertiary/aromatic N) is 1. The van der Waals surface area contributed by atoms with Crippen molar-refractivity contribution >= 4 is 17.8 Å². The van der Waals surface area contributed by atoms with Crippen molar-refractivity contribution in [2.75, 3.05) is 0 Å². The molecule has 1 amide bonds. The summed E-state index contributed by atoms with van der Waals surface area (Å²) in [5, 5.41) is 18.7. The molecular formula is C22H27N3O5. The van der Waals surface area contributed by atoms with E-state index in [1.165, 1.54) is 19.3 Å². The Morgan fingerprint density at radius 3 is 2.23 bits per heavy atom. The second-order valence-corrected chi connectivity index (χ2v) is 7.09. The Balaban J connectivity index is 0.000000343. The lowest BCUT2D eigenvalue weighted by molar-refractivity contribution is -0.134. The van der Waals surface area contributed by atoms with Crippen molar-refractivity contribution in [1.29, 1.82) is 0 Å². The zero-order chi connectivity index (χ0) is 21.8. The quantitative estimate of drug-likeness (QED) is 0.516. The SMILES string of the molecule is O=C(NCc1cnc[nH]1)C(c1ccccc1)C1CCCCC1.O=C(O)/C=C\C(=O)O. The molecule has 30 heavy (non-hydrogen) atoms. The zero-order valence-corrected chi connectivity index (χ0v) is 16.7. The van der Waals surface area contributed by atoms with E-state index in [2.05, 4.69) is 27.4 Å². The second-order valence-electron chi connectivity index (χ2n) is 7.09. The Labute approximate surface area is 175 Å². The first-order valence-electron chi connectivity index (χ1n) is 9.91. The van der Waals surface area contributed by atoms with E-state index in [0.717, 1.165) is 24.1 Å². The molecule has 1 aromatic carbocycles. The van der Waals surface area contributed by atoms with Gasteiger partial charge in [0.2, 0.25) is 5.91 Å². The first kappa shape index (κ1) is 22.9. The number of carboxylic acid groups (broad SMARTS) is 2. The summed E-state index contributed by atoms with van der Waals surface area (Å²) in [6.45, 7) is 0.509. The van der Waals surface area contributed by atoms with E-state index in [-0.39, 0.29) is 11.8 Å². The smallest absolute Gasteiger partial charge is 0.328 e. The number of nitrogens with one attached hydrogen (secondary N) is 2. The largest absolute Gasteiger partial charge is 0.478 e. The van der Waals surface area contributed by atoms with E-state index in [0.29, 0.717) is 24.6 Å². The fourth-order valence-electron chi connectivity index (χ4n) is 3.58. The molecule has 3 rings (SSSR count). The molecule has 1 fully saturated rings. The molecule has 1 aliphatic rings. The Kier molecular flexibility index (Phi) is 9.30. The van der Waals surface area contributed by atoms with Gasteiger partial charge in [0.25, 0.3) is 0 Å². The number of carbonyl (C=O) groups is 3. The summed E-state index contributed by atoms with van der Waals surface area (Å²) in [5.41, 5.74) is 2.07. The third kappa shape index (κ3) is 7.90. The average Bonchev–Trinajstić information content (AvgIpc) is 3.27. The van der Waals surface area contributed by atoms with Crippen molar-refractivity contribution in [2.45, 2.75) is 44.6 Å². The standard InChI is InChI=1S/C18H23N3O.C4H4O4/c22-18(20-12-16-11-19-13-21-16)17(14-7-3-1-4-8-14)15-9-5-2-6-10-15;5-3(6)1-2-4(7)8/h1,3-4,7-8,11,13,15,17H,2,5-6,9-10,12H2,(H,19,21)(H,20,22);1-2H,(H,5,6)(H,7,8)/b;2-1-. The molecule has 0 radical (unpaired) electrons. The van der Waals surface area contributed by atoms with Crippen LogP contribution in [0.4, 0.5) is 0 Å². The van der Waals surface area contributed by atoms with Crippen molar-refractivity contribution in [3.8, 4) is 0 Å². The number of carboxylic acids is 2. The van der Waals surface area contributed by atoms with Crippen LogP contribution in [0, 0.1) is 5.92 Å². The molecule has 0 spiro atoms. The van der Waals surface area contributed by atoms with Gasteiger partial charge in [-0.25, -0.2) is 14.6 Å². The van der Waals surface area contributed by atoms with Gasteiger partial charge in [-0.15, -0.1) is 0 Å². The summed E-state index contributed by atoms with van der Waals surface area (Å²) in [5.74, 6) is -1.96. The summed E-state index contributed by atoms with van der Waals surface area (Å²) >= 11 is 0. The van der Waals surface area contributed by atoms with Crippen molar-refractivity contribution in [3.63, 3.8) is 0 Å². The third-order valence-corrected chi connectivity index (χ3v) is 4.94. The molecule has 1 heterocycles. The number of hydrogen-bond donors (Lipinski definition) is 4.